The van der Waals surface area contributed by atoms with E-state index in [0.29, 0.717) is 13.0 Å². The molecule has 0 aromatic heterocycles. The van der Waals surface area contributed by atoms with Crippen molar-refractivity contribution in [2.45, 2.75) is 18.9 Å². The van der Waals surface area contributed by atoms with Crippen LogP contribution in [0.2, 0.25) is 0 Å². The topological polar surface area (TPSA) is 187 Å². The lowest BCUT2D eigenvalue weighted by Crippen LogP contribution is -2.47. The van der Waals surface area contributed by atoms with Gasteiger partial charge in [-0.1, -0.05) is 0 Å². The number of hydrogen-bond donors (Lipinski definition) is 6. The molecule has 0 aromatic rings. The number of nitrogens with two attached hydrogens (primary N) is 2. The number of amides is 1. The van der Waals surface area contributed by atoms with Crippen LogP contribution in [-0.2, 0) is 13.9 Å². The van der Waals surface area contributed by atoms with Gasteiger partial charge in [0, 0.05) is 13.1 Å². The minimum Gasteiger partial charge on any atom is -0.368 e. The van der Waals surface area contributed by atoms with E-state index in [1.807, 2.05) is 0 Å². The maximum absolute atomic E-state index is 11.4. The fourth-order valence-corrected chi connectivity index (χ4v) is 2.79. The highest BCUT2D eigenvalue weighted by molar-refractivity contribution is 7.52. The molecule has 0 heterocycles. The van der Waals surface area contributed by atoms with Crippen molar-refractivity contribution in [1.29, 1.82) is 0 Å². The molecule has 8 N–H and O–H groups in total. The number of hydrogen-bond acceptors (Lipinski definition) is 5. The Balaban J connectivity index is 4.91. The van der Waals surface area contributed by atoms with E-state index in [1.165, 1.54) is 4.90 Å². The van der Waals surface area contributed by atoms with Crippen LogP contribution in [0.15, 0.2) is 0 Å². The van der Waals surface area contributed by atoms with E-state index in [0.717, 1.165) is 0 Å². The van der Waals surface area contributed by atoms with Gasteiger partial charge in [-0.3, -0.25) is 18.8 Å². The lowest BCUT2D eigenvalue weighted by molar-refractivity contribution is -0.123. The standard InChI is InChI=1S/C9H23N3O7P2/c10-3-1-2-8(9(11)13)12(4-6-20(14,15)16)5-7-21(17,18)19/h8H,1-7,10H2,(H2,11,13)(H2,14,15,16)(H2,17,18,19). The number of carbonyl (C=O) groups is 1. The second-order valence-electron chi connectivity index (χ2n) is 4.66. The predicted octanol–water partition coefficient (Wildman–Crippen LogP) is -1.76. The summed E-state index contributed by atoms with van der Waals surface area (Å²) in [6.07, 6.45) is -0.342. The lowest BCUT2D eigenvalue weighted by Gasteiger charge is -2.29. The van der Waals surface area contributed by atoms with Crippen molar-refractivity contribution in [2.24, 2.45) is 11.5 Å². The van der Waals surface area contributed by atoms with Crippen LogP contribution >= 0.6 is 15.2 Å². The van der Waals surface area contributed by atoms with Gasteiger partial charge in [0.05, 0.1) is 18.4 Å². The van der Waals surface area contributed by atoms with Crippen molar-refractivity contribution in [2.75, 3.05) is 32.0 Å². The quantitative estimate of drug-likeness (QED) is 0.235. The molecule has 10 nitrogen and oxygen atoms in total. The molecule has 0 aliphatic rings. The molecule has 1 unspecified atom stereocenters. The zero-order valence-electron chi connectivity index (χ0n) is 11.5. The highest BCUT2D eigenvalue weighted by atomic mass is 31.2. The summed E-state index contributed by atoms with van der Waals surface area (Å²) in [5, 5.41) is 0. The van der Waals surface area contributed by atoms with Crippen molar-refractivity contribution >= 4 is 21.1 Å². The van der Waals surface area contributed by atoms with E-state index in [4.69, 9.17) is 31.0 Å². The molecule has 126 valence electrons. The highest BCUT2D eigenvalue weighted by Crippen LogP contribution is 2.36. The third-order valence-corrected chi connectivity index (χ3v) is 4.37. The average molecular weight is 347 g/mol. The van der Waals surface area contributed by atoms with Gasteiger partial charge in [-0.05, 0) is 19.4 Å². The summed E-state index contributed by atoms with van der Waals surface area (Å²) in [5.41, 5.74) is 10.6. The molecule has 0 radical (unpaired) electrons. The molecule has 0 aromatic carbocycles. The van der Waals surface area contributed by atoms with Crippen LogP contribution < -0.4 is 11.5 Å². The van der Waals surface area contributed by atoms with Crippen LogP contribution in [0.5, 0.6) is 0 Å². The van der Waals surface area contributed by atoms with Gasteiger partial charge in [0.2, 0.25) is 5.91 Å². The Hall–Kier alpha value is -0.310. The molecule has 0 bridgehead atoms. The Morgan fingerprint density at radius 3 is 1.76 bits per heavy atom. The van der Waals surface area contributed by atoms with Crippen LogP contribution in [0.3, 0.4) is 0 Å². The Morgan fingerprint density at radius 2 is 1.48 bits per heavy atom. The fraction of sp³-hybridized carbons (Fsp3) is 0.889. The van der Waals surface area contributed by atoms with Crippen molar-refractivity contribution in [3.05, 3.63) is 0 Å². The Morgan fingerprint density at radius 1 is 1.05 bits per heavy atom. The molecule has 1 atom stereocenters. The molecule has 1 amide bonds. The first-order valence-corrected chi connectivity index (χ1v) is 9.88. The van der Waals surface area contributed by atoms with Crippen molar-refractivity contribution in [1.82, 2.24) is 4.90 Å². The molecule has 0 rings (SSSR count). The zero-order chi connectivity index (χ0) is 16.7. The van der Waals surface area contributed by atoms with Crippen molar-refractivity contribution in [3.8, 4) is 0 Å². The number of primary amides is 1. The SMILES string of the molecule is NCCCC(C(N)=O)N(CCP(=O)(O)O)CCP(=O)(O)O. The summed E-state index contributed by atoms with van der Waals surface area (Å²) in [6.45, 7) is -0.0838. The Kier molecular flexibility index (Phi) is 8.84. The monoisotopic (exact) mass is 347 g/mol. The molecule has 12 heteroatoms. The average Bonchev–Trinajstić information content (AvgIpc) is 2.29. The Labute approximate surface area is 122 Å². The van der Waals surface area contributed by atoms with Crippen LogP contribution in [0.1, 0.15) is 12.8 Å². The van der Waals surface area contributed by atoms with Gasteiger partial charge in [-0.25, -0.2) is 0 Å². The minimum absolute atomic E-state index is 0.192. The molecule has 0 aliphatic carbocycles. The first kappa shape index (κ1) is 20.7. The summed E-state index contributed by atoms with van der Waals surface area (Å²) in [5.74, 6) is -0.722. The molecule has 0 saturated heterocycles. The van der Waals surface area contributed by atoms with Crippen LogP contribution in [0.4, 0.5) is 0 Å². The van der Waals surface area contributed by atoms with Gasteiger partial charge in [0.1, 0.15) is 0 Å². The summed E-state index contributed by atoms with van der Waals surface area (Å²) in [6, 6.07) is -0.869. The van der Waals surface area contributed by atoms with E-state index in [9.17, 15) is 13.9 Å². The fourth-order valence-electron chi connectivity index (χ4n) is 1.76. The summed E-state index contributed by atoms with van der Waals surface area (Å²) < 4.78 is 21.8. The smallest absolute Gasteiger partial charge is 0.326 e. The lowest BCUT2D eigenvalue weighted by atomic mass is 10.1. The van der Waals surface area contributed by atoms with E-state index >= 15 is 0 Å². The van der Waals surface area contributed by atoms with Gasteiger partial charge in [0.15, 0.2) is 0 Å². The number of carbonyl (C=O) groups excluding carboxylic acids is 1. The van der Waals surface area contributed by atoms with Gasteiger partial charge in [-0.15, -0.1) is 0 Å². The minimum atomic E-state index is -4.29. The maximum Gasteiger partial charge on any atom is 0.326 e. The first-order valence-electron chi connectivity index (χ1n) is 6.29. The van der Waals surface area contributed by atoms with Gasteiger partial charge < -0.3 is 31.0 Å². The van der Waals surface area contributed by atoms with Gasteiger partial charge >= 0.3 is 15.2 Å². The third kappa shape index (κ3) is 11.0. The molecule has 0 fully saturated rings. The normalized spacial score (nSPS) is 14.4. The molecule has 0 aliphatic heterocycles. The summed E-state index contributed by atoms with van der Waals surface area (Å²) in [4.78, 5) is 48.3. The van der Waals surface area contributed by atoms with Gasteiger partial charge in [0.25, 0.3) is 0 Å². The third-order valence-electron chi connectivity index (χ3n) is 2.81. The number of nitrogens with zero attached hydrogens (tertiary/aromatic N) is 1. The molecular formula is C9H23N3O7P2. The summed E-state index contributed by atoms with van der Waals surface area (Å²) in [7, 11) is -8.58. The van der Waals surface area contributed by atoms with Crippen LogP contribution in [0, 0.1) is 0 Å². The summed E-state index contributed by atoms with van der Waals surface area (Å²) >= 11 is 0. The van der Waals surface area contributed by atoms with Crippen LogP contribution in [0.25, 0.3) is 0 Å². The first-order chi connectivity index (χ1) is 9.46. The van der Waals surface area contributed by atoms with Gasteiger partial charge in [-0.2, -0.15) is 0 Å². The second kappa shape index (κ2) is 8.97. The molecular weight excluding hydrogens is 324 g/mol. The van der Waals surface area contributed by atoms with Crippen molar-refractivity contribution in [3.63, 3.8) is 0 Å². The van der Waals surface area contributed by atoms with E-state index in [-0.39, 0.29) is 19.5 Å². The predicted molar refractivity (Wildman–Crippen MR) is 76.7 cm³/mol. The number of rotatable bonds is 11. The maximum atomic E-state index is 11.4. The van der Waals surface area contributed by atoms with Crippen LogP contribution in [-0.4, -0.2) is 68.4 Å². The highest BCUT2D eigenvalue weighted by Gasteiger charge is 2.27. The van der Waals surface area contributed by atoms with E-state index in [2.05, 4.69) is 0 Å². The molecule has 21 heavy (non-hydrogen) atoms. The van der Waals surface area contributed by atoms with Crippen molar-refractivity contribution < 1.29 is 33.5 Å². The molecule has 0 spiro atoms. The Bertz CT molecular complexity index is 396. The van der Waals surface area contributed by atoms with E-state index in [1.54, 1.807) is 0 Å². The van der Waals surface area contributed by atoms with E-state index < -0.39 is 39.5 Å². The largest absolute Gasteiger partial charge is 0.368 e. The second-order valence-corrected chi connectivity index (χ2v) is 8.21. The zero-order valence-corrected chi connectivity index (χ0v) is 13.3. The molecule has 0 saturated carbocycles.